The van der Waals surface area contributed by atoms with Gasteiger partial charge in [-0.15, -0.1) is 0 Å². The average molecular weight is 226 g/mol. The van der Waals surface area contributed by atoms with Gasteiger partial charge in [0.05, 0.1) is 6.61 Å². The SMILES string of the molecule is OC1(CNCC(Cl)=CCl)CCOC1. The minimum absolute atomic E-state index is 0.391. The molecule has 1 aliphatic rings. The monoisotopic (exact) mass is 225 g/mol. The van der Waals surface area contributed by atoms with Crippen LogP contribution in [0.2, 0.25) is 0 Å². The Labute approximate surface area is 87.7 Å². The Morgan fingerprint density at radius 2 is 2.46 bits per heavy atom. The van der Waals surface area contributed by atoms with Crippen molar-refractivity contribution in [3.63, 3.8) is 0 Å². The average Bonchev–Trinajstić information content (AvgIpc) is 2.52. The van der Waals surface area contributed by atoms with Gasteiger partial charge in [0, 0.05) is 36.7 Å². The van der Waals surface area contributed by atoms with Crippen molar-refractivity contribution in [1.29, 1.82) is 0 Å². The molecule has 1 atom stereocenters. The van der Waals surface area contributed by atoms with Gasteiger partial charge in [-0.1, -0.05) is 23.2 Å². The lowest BCUT2D eigenvalue weighted by molar-refractivity contribution is 0.0278. The first-order valence-corrected chi connectivity index (χ1v) is 4.93. The van der Waals surface area contributed by atoms with E-state index >= 15 is 0 Å². The van der Waals surface area contributed by atoms with Crippen LogP contribution in [0.1, 0.15) is 6.42 Å². The summed E-state index contributed by atoms with van der Waals surface area (Å²) in [6, 6.07) is 0. The summed E-state index contributed by atoms with van der Waals surface area (Å²) in [5.74, 6) is 0. The van der Waals surface area contributed by atoms with Crippen LogP contribution in [0.25, 0.3) is 0 Å². The molecule has 1 unspecified atom stereocenters. The van der Waals surface area contributed by atoms with Gasteiger partial charge in [-0.2, -0.15) is 0 Å². The number of hydrogen-bond acceptors (Lipinski definition) is 3. The molecule has 3 nitrogen and oxygen atoms in total. The molecular formula is C8H13Cl2NO2. The minimum atomic E-state index is -0.733. The Kier molecular flexibility index (Phi) is 4.49. The lowest BCUT2D eigenvalue weighted by atomic mass is 10.0. The first-order chi connectivity index (χ1) is 6.16. The molecule has 1 fully saturated rings. The van der Waals surface area contributed by atoms with Crippen molar-refractivity contribution in [3.05, 3.63) is 10.6 Å². The standard InChI is InChI=1S/C8H13Cl2NO2/c9-3-7(10)4-11-5-8(12)1-2-13-6-8/h3,11-12H,1-2,4-6H2. The topological polar surface area (TPSA) is 41.5 Å². The Bertz CT molecular complexity index is 191. The zero-order chi connectivity index (χ0) is 9.73. The van der Waals surface area contributed by atoms with Gasteiger partial charge in [0.2, 0.25) is 0 Å². The van der Waals surface area contributed by atoms with Crippen LogP contribution >= 0.6 is 23.2 Å². The molecule has 0 radical (unpaired) electrons. The van der Waals surface area contributed by atoms with Gasteiger partial charge >= 0.3 is 0 Å². The van der Waals surface area contributed by atoms with Crippen molar-refractivity contribution >= 4 is 23.2 Å². The molecule has 0 bridgehead atoms. The van der Waals surface area contributed by atoms with Crippen molar-refractivity contribution in [2.75, 3.05) is 26.3 Å². The van der Waals surface area contributed by atoms with Crippen LogP contribution in [-0.4, -0.2) is 37.0 Å². The van der Waals surface area contributed by atoms with Gasteiger partial charge in [-0.05, 0) is 0 Å². The first kappa shape index (κ1) is 11.3. The second kappa shape index (κ2) is 5.17. The number of aliphatic hydroxyl groups is 1. The largest absolute Gasteiger partial charge is 0.386 e. The number of rotatable bonds is 4. The van der Waals surface area contributed by atoms with E-state index < -0.39 is 5.60 Å². The van der Waals surface area contributed by atoms with E-state index in [2.05, 4.69) is 5.32 Å². The fraction of sp³-hybridized carbons (Fsp3) is 0.750. The fourth-order valence-electron chi connectivity index (χ4n) is 1.19. The van der Waals surface area contributed by atoms with Crippen LogP contribution < -0.4 is 5.32 Å². The Morgan fingerprint density at radius 3 is 3.00 bits per heavy atom. The predicted octanol–water partition coefficient (Wildman–Crippen LogP) is 1.05. The van der Waals surface area contributed by atoms with E-state index in [1.54, 1.807) is 0 Å². The highest BCUT2D eigenvalue weighted by Crippen LogP contribution is 2.17. The smallest absolute Gasteiger partial charge is 0.103 e. The summed E-state index contributed by atoms with van der Waals surface area (Å²) in [7, 11) is 0. The molecule has 0 aliphatic carbocycles. The highest BCUT2D eigenvalue weighted by atomic mass is 35.5. The molecule has 0 amide bonds. The zero-order valence-electron chi connectivity index (χ0n) is 7.22. The molecule has 0 aromatic carbocycles. The third kappa shape index (κ3) is 3.83. The first-order valence-electron chi connectivity index (χ1n) is 4.12. The van der Waals surface area contributed by atoms with Crippen molar-refractivity contribution in [2.24, 2.45) is 0 Å². The van der Waals surface area contributed by atoms with Crippen LogP contribution in [0.4, 0.5) is 0 Å². The highest BCUT2D eigenvalue weighted by molar-refractivity contribution is 6.36. The summed E-state index contributed by atoms with van der Waals surface area (Å²) in [5, 5.41) is 13.3. The van der Waals surface area contributed by atoms with Gasteiger partial charge in [0.1, 0.15) is 5.60 Å². The van der Waals surface area contributed by atoms with E-state index in [1.165, 1.54) is 5.54 Å². The maximum Gasteiger partial charge on any atom is 0.103 e. The Balaban J connectivity index is 2.18. The second-order valence-corrected chi connectivity index (χ2v) is 3.89. The van der Waals surface area contributed by atoms with Gasteiger partial charge in [-0.25, -0.2) is 0 Å². The maximum absolute atomic E-state index is 9.79. The number of halogens is 2. The van der Waals surface area contributed by atoms with Crippen LogP contribution in [0.5, 0.6) is 0 Å². The third-order valence-electron chi connectivity index (χ3n) is 1.95. The fourth-order valence-corrected chi connectivity index (χ4v) is 1.36. The lowest BCUT2D eigenvalue weighted by Gasteiger charge is -2.20. The summed E-state index contributed by atoms with van der Waals surface area (Å²) >= 11 is 11.0. The molecule has 5 heteroatoms. The second-order valence-electron chi connectivity index (χ2n) is 3.19. The van der Waals surface area contributed by atoms with E-state index in [9.17, 15) is 5.11 Å². The molecule has 0 spiro atoms. The molecule has 0 aromatic rings. The number of hydrogen-bond donors (Lipinski definition) is 2. The Hall–Kier alpha value is 0.200. The molecule has 0 aromatic heterocycles. The highest BCUT2D eigenvalue weighted by Gasteiger charge is 2.31. The summed E-state index contributed by atoms with van der Waals surface area (Å²) in [6.45, 7) is 1.97. The molecule has 13 heavy (non-hydrogen) atoms. The van der Waals surface area contributed by atoms with Crippen LogP contribution in [-0.2, 0) is 4.74 Å². The zero-order valence-corrected chi connectivity index (χ0v) is 8.74. The van der Waals surface area contributed by atoms with E-state index in [0.29, 0.717) is 37.8 Å². The molecule has 1 heterocycles. The summed E-state index contributed by atoms with van der Waals surface area (Å²) in [6.07, 6.45) is 0.669. The van der Waals surface area contributed by atoms with Gasteiger partial charge in [0.15, 0.2) is 0 Å². The predicted molar refractivity (Wildman–Crippen MR) is 53.0 cm³/mol. The summed E-state index contributed by atoms with van der Waals surface area (Å²) < 4.78 is 5.08. The third-order valence-corrected chi connectivity index (χ3v) is 2.57. The van der Waals surface area contributed by atoms with Gasteiger partial charge in [0.25, 0.3) is 0 Å². The maximum atomic E-state index is 9.79. The van der Waals surface area contributed by atoms with Gasteiger partial charge < -0.3 is 15.2 Å². The summed E-state index contributed by atoms with van der Waals surface area (Å²) in [5.41, 5.74) is 0.577. The van der Waals surface area contributed by atoms with Crippen LogP contribution in [0.15, 0.2) is 10.6 Å². The summed E-state index contributed by atoms with van der Waals surface area (Å²) in [4.78, 5) is 0. The van der Waals surface area contributed by atoms with Crippen molar-refractivity contribution in [3.8, 4) is 0 Å². The number of ether oxygens (including phenoxy) is 1. The van der Waals surface area contributed by atoms with E-state index in [0.717, 1.165) is 0 Å². The molecule has 1 rings (SSSR count). The minimum Gasteiger partial charge on any atom is -0.386 e. The molecule has 2 N–H and O–H groups in total. The molecule has 0 saturated carbocycles. The van der Waals surface area contributed by atoms with Crippen molar-refractivity contribution in [1.82, 2.24) is 5.32 Å². The number of nitrogens with one attached hydrogen (secondary N) is 1. The van der Waals surface area contributed by atoms with Crippen molar-refractivity contribution in [2.45, 2.75) is 12.0 Å². The molecule has 1 aliphatic heterocycles. The normalized spacial score (nSPS) is 29.6. The van der Waals surface area contributed by atoms with Gasteiger partial charge in [-0.3, -0.25) is 0 Å². The van der Waals surface area contributed by atoms with E-state index in [-0.39, 0.29) is 0 Å². The van der Waals surface area contributed by atoms with Crippen LogP contribution in [0, 0.1) is 0 Å². The Morgan fingerprint density at radius 1 is 1.69 bits per heavy atom. The van der Waals surface area contributed by atoms with E-state index in [1.807, 2.05) is 0 Å². The molecule has 76 valence electrons. The molecular weight excluding hydrogens is 213 g/mol. The van der Waals surface area contributed by atoms with Crippen LogP contribution in [0.3, 0.4) is 0 Å². The quantitative estimate of drug-likeness (QED) is 0.752. The van der Waals surface area contributed by atoms with E-state index in [4.69, 9.17) is 27.9 Å². The molecule has 1 saturated heterocycles. The van der Waals surface area contributed by atoms with Crippen molar-refractivity contribution < 1.29 is 9.84 Å². The lowest BCUT2D eigenvalue weighted by Crippen LogP contribution is -2.41.